The summed E-state index contributed by atoms with van der Waals surface area (Å²) >= 11 is 1.71. The quantitative estimate of drug-likeness (QED) is 0.747. The normalized spacial score (nSPS) is 10.8. The Morgan fingerprint density at radius 2 is 2.04 bits per heavy atom. The molecular formula is C18H18FN3OS. The largest absolute Gasteiger partial charge is 0.355 e. The Hall–Kier alpha value is -2.47. The van der Waals surface area contributed by atoms with Crippen LogP contribution in [0.5, 0.6) is 0 Å². The summed E-state index contributed by atoms with van der Waals surface area (Å²) in [5, 5.41) is 7.08. The molecule has 4 nitrogen and oxygen atoms in total. The zero-order valence-electron chi connectivity index (χ0n) is 13.3. The van der Waals surface area contributed by atoms with Crippen LogP contribution in [0.1, 0.15) is 10.4 Å². The molecule has 1 amide bonds. The molecule has 1 N–H and O–H groups in total. The lowest BCUT2D eigenvalue weighted by Crippen LogP contribution is -2.27. The topological polar surface area (TPSA) is 46.9 Å². The molecule has 124 valence electrons. The van der Waals surface area contributed by atoms with E-state index in [4.69, 9.17) is 0 Å². The van der Waals surface area contributed by atoms with Gasteiger partial charge in [-0.05, 0) is 36.2 Å². The number of halogens is 1. The van der Waals surface area contributed by atoms with E-state index in [0.717, 1.165) is 17.5 Å². The van der Waals surface area contributed by atoms with Gasteiger partial charge in [-0.3, -0.25) is 9.48 Å². The summed E-state index contributed by atoms with van der Waals surface area (Å²) in [6.45, 7) is 0.590. The van der Waals surface area contributed by atoms with Crippen LogP contribution < -0.4 is 5.32 Å². The molecule has 0 spiro atoms. The van der Waals surface area contributed by atoms with Gasteiger partial charge in [-0.25, -0.2) is 4.39 Å². The van der Waals surface area contributed by atoms with Crippen molar-refractivity contribution in [3.05, 3.63) is 65.0 Å². The fourth-order valence-corrected chi connectivity index (χ4v) is 3.37. The molecule has 2 aromatic heterocycles. The van der Waals surface area contributed by atoms with Gasteiger partial charge in [0.25, 0.3) is 0 Å². The molecule has 3 rings (SSSR count). The number of nitrogens with one attached hydrogen (secondary N) is 1. The van der Waals surface area contributed by atoms with Crippen LogP contribution in [0.2, 0.25) is 0 Å². The van der Waals surface area contributed by atoms with Gasteiger partial charge in [0.2, 0.25) is 5.91 Å². The molecule has 6 heteroatoms. The predicted octanol–water partition coefficient (Wildman–Crippen LogP) is 3.19. The van der Waals surface area contributed by atoms with Crippen molar-refractivity contribution in [3.8, 4) is 10.4 Å². The molecule has 0 unspecified atom stereocenters. The van der Waals surface area contributed by atoms with E-state index in [-0.39, 0.29) is 18.1 Å². The molecular weight excluding hydrogens is 325 g/mol. The second-order valence-corrected chi connectivity index (χ2v) is 6.74. The minimum absolute atomic E-state index is 0.0503. The first kappa shape index (κ1) is 16.4. The lowest BCUT2D eigenvalue weighted by Gasteiger charge is -2.04. The average Bonchev–Trinajstić information content (AvgIpc) is 3.18. The second-order valence-electron chi connectivity index (χ2n) is 5.57. The lowest BCUT2D eigenvalue weighted by molar-refractivity contribution is -0.120. The minimum Gasteiger partial charge on any atom is -0.355 e. The Morgan fingerprint density at radius 3 is 2.75 bits per heavy atom. The standard InChI is InChI=1S/C18H18FN3OS/c1-22-12-14(11-21-22)17-7-6-16(24-17)8-9-20-18(23)10-13-2-4-15(19)5-3-13/h2-7,11-12H,8-10H2,1H3,(H,20,23). The second kappa shape index (κ2) is 7.40. The predicted molar refractivity (Wildman–Crippen MR) is 93.3 cm³/mol. The molecule has 24 heavy (non-hydrogen) atoms. The smallest absolute Gasteiger partial charge is 0.224 e. The van der Waals surface area contributed by atoms with Crippen LogP contribution in [0, 0.1) is 5.82 Å². The van der Waals surface area contributed by atoms with Gasteiger partial charge in [0.1, 0.15) is 5.82 Å². The average molecular weight is 343 g/mol. The molecule has 0 atom stereocenters. The highest BCUT2D eigenvalue weighted by Crippen LogP contribution is 2.27. The Kier molecular flexibility index (Phi) is 5.05. The van der Waals surface area contributed by atoms with Crippen molar-refractivity contribution in [1.29, 1.82) is 0 Å². The van der Waals surface area contributed by atoms with Crippen LogP contribution in [-0.4, -0.2) is 22.2 Å². The number of aryl methyl sites for hydroxylation is 1. The van der Waals surface area contributed by atoms with Gasteiger partial charge in [-0.15, -0.1) is 11.3 Å². The Balaban J connectivity index is 1.47. The van der Waals surface area contributed by atoms with Gasteiger partial charge in [0.15, 0.2) is 0 Å². The molecule has 0 saturated carbocycles. The Bertz CT molecular complexity index is 823. The zero-order valence-corrected chi connectivity index (χ0v) is 14.1. The number of carbonyl (C=O) groups excluding carboxylic acids is 1. The van der Waals surface area contributed by atoms with Crippen molar-refractivity contribution >= 4 is 17.2 Å². The SMILES string of the molecule is Cn1cc(-c2ccc(CCNC(=O)Cc3ccc(F)cc3)s2)cn1. The number of hydrogen-bond donors (Lipinski definition) is 1. The van der Waals surface area contributed by atoms with Crippen LogP contribution in [0.25, 0.3) is 10.4 Å². The summed E-state index contributed by atoms with van der Waals surface area (Å²) in [4.78, 5) is 14.3. The first-order valence-electron chi connectivity index (χ1n) is 7.69. The van der Waals surface area contributed by atoms with Gasteiger partial charge in [-0.2, -0.15) is 5.10 Å². The van der Waals surface area contributed by atoms with Crippen LogP contribution in [0.15, 0.2) is 48.8 Å². The molecule has 0 aliphatic rings. The number of carbonyl (C=O) groups is 1. The summed E-state index contributed by atoms with van der Waals surface area (Å²) in [5.74, 6) is -0.341. The maximum Gasteiger partial charge on any atom is 0.224 e. The summed E-state index contributed by atoms with van der Waals surface area (Å²) < 4.78 is 14.6. The van der Waals surface area contributed by atoms with E-state index in [9.17, 15) is 9.18 Å². The van der Waals surface area contributed by atoms with Crippen molar-refractivity contribution in [2.24, 2.45) is 7.05 Å². The maximum absolute atomic E-state index is 12.8. The monoisotopic (exact) mass is 343 g/mol. The number of rotatable bonds is 6. The van der Waals surface area contributed by atoms with E-state index in [1.54, 1.807) is 28.2 Å². The maximum atomic E-state index is 12.8. The van der Waals surface area contributed by atoms with Gasteiger partial charge in [0.05, 0.1) is 12.6 Å². The molecule has 0 saturated heterocycles. The summed E-state index contributed by atoms with van der Waals surface area (Å²) in [7, 11) is 1.90. The molecule has 0 fully saturated rings. The first-order valence-corrected chi connectivity index (χ1v) is 8.51. The molecule has 0 aliphatic heterocycles. The van der Waals surface area contributed by atoms with Crippen LogP contribution >= 0.6 is 11.3 Å². The highest BCUT2D eigenvalue weighted by atomic mass is 32.1. The molecule has 2 heterocycles. The van der Waals surface area contributed by atoms with Crippen LogP contribution in [0.4, 0.5) is 4.39 Å². The number of amides is 1. The van der Waals surface area contributed by atoms with Crippen LogP contribution in [-0.2, 0) is 24.7 Å². The number of nitrogens with zero attached hydrogens (tertiary/aromatic N) is 2. The van der Waals surface area contributed by atoms with E-state index in [2.05, 4.69) is 22.5 Å². The third kappa shape index (κ3) is 4.29. The fourth-order valence-electron chi connectivity index (χ4n) is 2.39. The number of benzene rings is 1. The van der Waals surface area contributed by atoms with E-state index in [1.165, 1.54) is 21.9 Å². The van der Waals surface area contributed by atoms with Crippen molar-refractivity contribution in [2.45, 2.75) is 12.8 Å². The lowest BCUT2D eigenvalue weighted by atomic mass is 10.1. The number of thiophene rings is 1. The molecule has 0 aliphatic carbocycles. The first-order chi connectivity index (χ1) is 11.6. The van der Waals surface area contributed by atoms with Crippen molar-refractivity contribution in [3.63, 3.8) is 0 Å². The molecule has 0 radical (unpaired) electrons. The summed E-state index contributed by atoms with van der Waals surface area (Å²) in [6, 6.07) is 10.2. The molecule has 3 aromatic rings. The van der Waals surface area contributed by atoms with Gasteiger partial charge in [0, 0.05) is 35.1 Å². The third-order valence-electron chi connectivity index (χ3n) is 3.62. The highest BCUT2D eigenvalue weighted by Gasteiger charge is 2.06. The minimum atomic E-state index is -0.290. The Morgan fingerprint density at radius 1 is 1.25 bits per heavy atom. The number of aromatic nitrogens is 2. The van der Waals surface area contributed by atoms with E-state index >= 15 is 0 Å². The van der Waals surface area contributed by atoms with Gasteiger partial charge in [-0.1, -0.05) is 12.1 Å². The molecule has 0 bridgehead atoms. The summed E-state index contributed by atoms with van der Waals surface area (Å²) in [6.07, 6.45) is 4.89. The van der Waals surface area contributed by atoms with Crippen molar-refractivity contribution in [2.75, 3.05) is 6.54 Å². The zero-order chi connectivity index (χ0) is 16.9. The number of hydrogen-bond acceptors (Lipinski definition) is 3. The van der Waals surface area contributed by atoms with E-state index in [1.807, 2.05) is 19.4 Å². The third-order valence-corrected chi connectivity index (χ3v) is 4.82. The highest BCUT2D eigenvalue weighted by molar-refractivity contribution is 7.15. The van der Waals surface area contributed by atoms with Gasteiger partial charge >= 0.3 is 0 Å². The van der Waals surface area contributed by atoms with Crippen LogP contribution in [0.3, 0.4) is 0 Å². The van der Waals surface area contributed by atoms with Gasteiger partial charge < -0.3 is 5.32 Å². The summed E-state index contributed by atoms with van der Waals surface area (Å²) in [5.41, 5.74) is 1.91. The van der Waals surface area contributed by atoms with E-state index < -0.39 is 0 Å². The van der Waals surface area contributed by atoms with E-state index in [0.29, 0.717) is 6.54 Å². The Labute approximate surface area is 143 Å². The fraction of sp³-hybridized carbons (Fsp3) is 0.222. The van der Waals surface area contributed by atoms with Crippen molar-refractivity contribution < 1.29 is 9.18 Å². The van der Waals surface area contributed by atoms with Crippen molar-refractivity contribution in [1.82, 2.24) is 15.1 Å². The molecule has 1 aromatic carbocycles.